The summed E-state index contributed by atoms with van der Waals surface area (Å²) in [4.78, 5) is 10.8. The second-order valence-electron chi connectivity index (χ2n) is 3.06. The molecule has 0 fully saturated rings. The van der Waals surface area contributed by atoms with Crippen LogP contribution in [0.2, 0.25) is 5.02 Å². The highest BCUT2D eigenvalue weighted by Crippen LogP contribution is 2.18. The Labute approximate surface area is 97.1 Å². The van der Waals surface area contributed by atoms with Crippen LogP contribution in [0.15, 0.2) is 24.3 Å². The van der Waals surface area contributed by atoms with E-state index in [1.54, 1.807) is 35.9 Å². The van der Waals surface area contributed by atoms with Gasteiger partial charge in [-0.2, -0.15) is 0 Å². The average Bonchev–Trinajstić information content (AvgIpc) is 2.73. The number of carbonyl (C=O) groups is 1. The van der Waals surface area contributed by atoms with Gasteiger partial charge in [0.1, 0.15) is 0 Å². The summed E-state index contributed by atoms with van der Waals surface area (Å²) in [5.74, 6) is 0.746. The normalized spacial score (nSPS) is 10.1. The molecular weight excluding hydrogens is 228 g/mol. The minimum absolute atomic E-state index is 0.242. The topological polar surface area (TPSA) is 59.8 Å². The lowest BCUT2D eigenvalue weighted by molar-refractivity contribution is 0.111. The fraction of sp³-hybridized carbons (Fsp3) is 0.100. The molecule has 0 bridgehead atoms. The first-order valence-corrected chi connectivity index (χ1v) is 4.98. The van der Waals surface area contributed by atoms with Gasteiger partial charge in [-0.3, -0.25) is 9.36 Å². The molecule has 0 atom stereocenters. The minimum atomic E-state index is 0.242. The molecule has 82 valence electrons. The van der Waals surface area contributed by atoms with E-state index in [-0.39, 0.29) is 5.82 Å². The highest BCUT2D eigenvalue weighted by Gasteiger charge is 2.11. The molecule has 0 unspecified atom stereocenters. The summed E-state index contributed by atoms with van der Waals surface area (Å²) in [6.07, 6.45) is 0.655. The zero-order valence-corrected chi connectivity index (χ0v) is 9.27. The van der Waals surface area contributed by atoms with Gasteiger partial charge in [0.25, 0.3) is 0 Å². The van der Waals surface area contributed by atoms with Crippen molar-refractivity contribution in [3.63, 3.8) is 0 Å². The van der Waals surface area contributed by atoms with Crippen molar-refractivity contribution in [2.24, 2.45) is 0 Å². The Morgan fingerprint density at radius 2 is 2.00 bits per heavy atom. The number of anilines is 1. The van der Waals surface area contributed by atoms with Crippen LogP contribution in [0.25, 0.3) is 5.69 Å². The monoisotopic (exact) mass is 236 g/mol. The molecule has 0 amide bonds. The van der Waals surface area contributed by atoms with Crippen molar-refractivity contribution in [3.05, 3.63) is 35.1 Å². The maximum absolute atomic E-state index is 10.8. The Kier molecular flexibility index (Phi) is 2.87. The van der Waals surface area contributed by atoms with Gasteiger partial charge in [-0.1, -0.05) is 11.6 Å². The fourth-order valence-electron chi connectivity index (χ4n) is 1.38. The average molecular weight is 237 g/mol. The third-order valence-electron chi connectivity index (χ3n) is 2.10. The third kappa shape index (κ3) is 1.77. The number of rotatable bonds is 3. The van der Waals surface area contributed by atoms with E-state index in [0.717, 1.165) is 5.69 Å². The Hall–Kier alpha value is -1.88. The predicted octanol–water partition coefficient (Wildman–Crippen LogP) is 1.77. The molecule has 0 aliphatic carbocycles. The van der Waals surface area contributed by atoms with E-state index >= 15 is 0 Å². The first kappa shape index (κ1) is 10.6. The van der Waals surface area contributed by atoms with E-state index in [9.17, 15) is 4.79 Å². The lowest BCUT2D eigenvalue weighted by Crippen LogP contribution is -2.04. The number of nitrogens with one attached hydrogen (secondary N) is 1. The number of aromatic nitrogens is 3. The van der Waals surface area contributed by atoms with Crippen molar-refractivity contribution < 1.29 is 4.79 Å². The van der Waals surface area contributed by atoms with Crippen LogP contribution in [0.4, 0.5) is 5.95 Å². The van der Waals surface area contributed by atoms with Crippen molar-refractivity contribution in [2.75, 3.05) is 12.4 Å². The summed E-state index contributed by atoms with van der Waals surface area (Å²) < 4.78 is 1.61. The van der Waals surface area contributed by atoms with Crippen LogP contribution in [-0.4, -0.2) is 28.1 Å². The van der Waals surface area contributed by atoms with Gasteiger partial charge in [0, 0.05) is 12.1 Å². The molecule has 0 spiro atoms. The molecule has 0 radical (unpaired) electrons. The standard InChI is InChI=1S/C10H9ClN4O/c1-12-10-14-13-9(6-16)15(10)8-4-2-7(11)3-5-8/h2-6H,1H3,(H,12,14). The minimum Gasteiger partial charge on any atom is -0.357 e. The maximum Gasteiger partial charge on any atom is 0.229 e. The molecule has 1 heterocycles. The highest BCUT2D eigenvalue weighted by molar-refractivity contribution is 6.30. The summed E-state index contributed by atoms with van der Waals surface area (Å²) in [6.45, 7) is 0. The number of hydrogen-bond donors (Lipinski definition) is 1. The second kappa shape index (κ2) is 4.32. The Morgan fingerprint density at radius 3 is 2.56 bits per heavy atom. The lowest BCUT2D eigenvalue weighted by Gasteiger charge is -2.06. The predicted molar refractivity (Wildman–Crippen MR) is 61.3 cm³/mol. The van der Waals surface area contributed by atoms with Crippen LogP contribution in [0.1, 0.15) is 10.6 Å². The number of aldehydes is 1. The molecule has 0 saturated carbocycles. The number of benzene rings is 1. The van der Waals surface area contributed by atoms with Crippen LogP contribution in [0.5, 0.6) is 0 Å². The van der Waals surface area contributed by atoms with Gasteiger partial charge in [-0.25, -0.2) is 0 Å². The highest BCUT2D eigenvalue weighted by atomic mass is 35.5. The first-order chi connectivity index (χ1) is 7.76. The molecule has 1 aromatic heterocycles. The lowest BCUT2D eigenvalue weighted by atomic mass is 10.3. The van der Waals surface area contributed by atoms with Gasteiger partial charge >= 0.3 is 0 Å². The van der Waals surface area contributed by atoms with E-state index in [4.69, 9.17) is 11.6 Å². The van der Waals surface area contributed by atoms with E-state index in [1.807, 2.05) is 0 Å². The molecule has 1 aromatic carbocycles. The Morgan fingerprint density at radius 1 is 1.31 bits per heavy atom. The number of halogens is 1. The number of hydrogen-bond acceptors (Lipinski definition) is 4. The van der Waals surface area contributed by atoms with Gasteiger partial charge in [0.15, 0.2) is 6.29 Å². The molecule has 0 aliphatic heterocycles. The van der Waals surface area contributed by atoms with Crippen LogP contribution in [0, 0.1) is 0 Å². The largest absolute Gasteiger partial charge is 0.357 e. The third-order valence-corrected chi connectivity index (χ3v) is 2.35. The SMILES string of the molecule is CNc1nnc(C=O)n1-c1ccc(Cl)cc1. The summed E-state index contributed by atoms with van der Waals surface area (Å²) in [5, 5.41) is 11.1. The van der Waals surface area contributed by atoms with Gasteiger partial charge in [0.05, 0.1) is 5.69 Å². The summed E-state index contributed by atoms with van der Waals surface area (Å²) in [6, 6.07) is 7.06. The van der Waals surface area contributed by atoms with Gasteiger partial charge in [-0.05, 0) is 24.3 Å². The van der Waals surface area contributed by atoms with Gasteiger partial charge < -0.3 is 5.32 Å². The Balaban J connectivity index is 2.57. The smallest absolute Gasteiger partial charge is 0.229 e. The number of nitrogens with zero attached hydrogens (tertiary/aromatic N) is 3. The molecular formula is C10H9ClN4O. The van der Waals surface area contributed by atoms with Crippen LogP contribution >= 0.6 is 11.6 Å². The van der Waals surface area contributed by atoms with Crippen LogP contribution in [0.3, 0.4) is 0 Å². The molecule has 0 saturated heterocycles. The van der Waals surface area contributed by atoms with Gasteiger partial charge in [-0.15, -0.1) is 10.2 Å². The van der Waals surface area contributed by atoms with E-state index in [0.29, 0.717) is 17.3 Å². The molecule has 5 nitrogen and oxygen atoms in total. The van der Waals surface area contributed by atoms with E-state index < -0.39 is 0 Å². The van der Waals surface area contributed by atoms with Crippen LogP contribution in [-0.2, 0) is 0 Å². The summed E-state index contributed by atoms with van der Waals surface area (Å²) >= 11 is 5.79. The zero-order chi connectivity index (χ0) is 11.5. The zero-order valence-electron chi connectivity index (χ0n) is 8.51. The molecule has 1 N–H and O–H groups in total. The van der Waals surface area contributed by atoms with E-state index in [1.165, 1.54) is 0 Å². The fourth-order valence-corrected chi connectivity index (χ4v) is 1.51. The quantitative estimate of drug-likeness (QED) is 0.826. The molecule has 0 aliphatic rings. The number of carbonyl (C=O) groups excluding carboxylic acids is 1. The van der Waals surface area contributed by atoms with Crippen molar-refractivity contribution >= 4 is 23.8 Å². The summed E-state index contributed by atoms with van der Waals surface area (Å²) in [5.41, 5.74) is 0.779. The molecule has 2 aromatic rings. The molecule has 6 heteroatoms. The van der Waals surface area contributed by atoms with Gasteiger partial charge in [0.2, 0.25) is 11.8 Å². The van der Waals surface area contributed by atoms with Crippen molar-refractivity contribution in [2.45, 2.75) is 0 Å². The summed E-state index contributed by atoms with van der Waals surface area (Å²) in [7, 11) is 1.71. The maximum atomic E-state index is 10.8. The van der Waals surface area contributed by atoms with Crippen molar-refractivity contribution in [3.8, 4) is 5.69 Å². The van der Waals surface area contributed by atoms with Crippen molar-refractivity contribution in [1.29, 1.82) is 0 Å². The molecule has 2 rings (SSSR count). The van der Waals surface area contributed by atoms with E-state index in [2.05, 4.69) is 15.5 Å². The second-order valence-corrected chi connectivity index (χ2v) is 3.50. The van der Waals surface area contributed by atoms with Crippen molar-refractivity contribution in [1.82, 2.24) is 14.8 Å². The Bertz CT molecular complexity index is 506. The van der Waals surface area contributed by atoms with Crippen LogP contribution < -0.4 is 5.32 Å². The molecule has 16 heavy (non-hydrogen) atoms. The first-order valence-electron chi connectivity index (χ1n) is 4.60.